The van der Waals surface area contributed by atoms with Gasteiger partial charge in [-0.3, -0.25) is 4.79 Å². The van der Waals surface area contributed by atoms with Gasteiger partial charge in [-0.2, -0.15) is 15.3 Å². The van der Waals surface area contributed by atoms with Crippen LogP contribution in [0, 0.1) is 13.8 Å². The first-order valence-electron chi connectivity index (χ1n) is 7.17. The Bertz CT molecular complexity index is 810. The Morgan fingerprint density at radius 2 is 2.04 bits per heavy atom. The van der Waals surface area contributed by atoms with Crippen LogP contribution in [0.5, 0.6) is 0 Å². The highest BCUT2D eigenvalue weighted by molar-refractivity contribution is 5.93. The monoisotopic (exact) mass is 308 g/mol. The number of carbonyl (C=O) groups excluding carboxylic acids is 1. The molecule has 116 valence electrons. The second-order valence-corrected chi connectivity index (χ2v) is 5.18. The standard InChI is InChI=1S/C16H16N6O/c1-11-7-12(2)22(21-11)15-4-3-14(10-17-15)16(23)18-8-13-5-6-19-20-9-13/h3-7,9-10H,8H2,1-2H3,(H,18,23). The fourth-order valence-electron chi connectivity index (χ4n) is 2.21. The van der Waals surface area contributed by atoms with Crippen molar-refractivity contribution in [2.45, 2.75) is 20.4 Å². The number of hydrogen-bond donors (Lipinski definition) is 1. The molecular formula is C16H16N6O. The van der Waals surface area contributed by atoms with Crippen molar-refractivity contribution in [3.63, 3.8) is 0 Å². The van der Waals surface area contributed by atoms with Crippen LogP contribution in [0.3, 0.4) is 0 Å². The third-order valence-electron chi connectivity index (χ3n) is 3.34. The molecule has 0 atom stereocenters. The SMILES string of the molecule is Cc1cc(C)n(-c2ccc(C(=O)NCc3ccnnc3)cn2)n1. The van der Waals surface area contributed by atoms with Gasteiger partial charge in [-0.05, 0) is 43.7 Å². The number of rotatable bonds is 4. The van der Waals surface area contributed by atoms with Gasteiger partial charge < -0.3 is 5.32 Å². The summed E-state index contributed by atoms with van der Waals surface area (Å²) in [6, 6.07) is 7.30. The molecule has 3 rings (SSSR count). The van der Waals surface area contributed by atoms with Gasteiger partial charge in [0.25, 0.3) is 5.91 Å². The van der Waals surface area contributed by atoms with E-state index in [0.29, 0.717) is 17.9 Å². The normalized spacial score (nSPS) is 10.5. The second-order valence-electron chi connectivity index (χ2n) is 5.18. The van der Waals surface area contributed by atoms with Crippen LogP contribution in [-0.4, -0.2) is 30.9 Å². The van der Waals surface area contributed by atoms with E-state index < -0.39 is 0 Å². The third-order valence-corrected chi connectivity index (χ3v) is 3.34. The van der Waals surface area contributed by atoms with Gasteiger partial charge >= 0.3 is 0 Å². The lowest BCUT2D eigenvalue weighted by molar-refractivity contribution is 0.0950. The first kappa shape index (κ1) is 14.8. The zero-order chi connectivity index (χ0) is 16.2. The molecule has 0 bridgehead atoms. The highest BCUT2D eigenvalue weighted by atomic mass is 16.1. The Morgan fingerprint density at radius 3 is 2.65 bits per heavy atom. The Hall–Kier alpha value is -3.09. The van der Waals surface area contributed by atoms with Crippen molar-refractivity contribution < 1.29 is 4.79 Å². The highest BCUT2D eigenvalue weighted by Crippen LogP contribution is 2.10. The van der Waals surface area contributed by atoms with E-state index >= 15 is 0 Å². The lowest BCUT2D eigenvalue weighted by Gasteiger charge is -2.06. The summed E-state index contributed by atoms with van der Waals surface area (Å²) in [6.45, 7) is 4.29. The summed E-state index contributed by atoms with van der Waals surface area (Å²) in [5, 5.41) is 14.7. The largest absolute Gasteiger partial charge is 0.348 e. The number of aromatic nitrogens is 5. The van der Waals surface area contributed by atoms with Crippen molar-refractivity contribution in [1.82, 2.24) is 30.3 Å². The van der Waals surface area contributed by atoms with E-state index in [1.165, 1.54) is 0 Å². The Morgan fingerprint density at radius 1 is 1.17 bits per heavy atom. The lowest BCUT2D eigenvalue weighted by Crippen LogP contribution is -2.23. The fraction of sp³-hybridized carbons (Fsp3) is 0.188. The topological polar surface area (TPSA) is 85.6 Å². The van der Waals surface area contributed by atoms with Gasteiger partial charge in [0.15, 0.2) is 5.82 Å². The average Bonchev–Trinajstić information content (AvgIpc) is 2.92. The molecule has 0 fully saturated rings. The average molecular weight is 308 g/mol. The Balaban J connectivity index is 1.69. The van der Waals surface area contributed by atoms with E-state index in [0.717, 1.165) is 17.0 Å². The summed E-state index contributed by atoms with van der Waals surface area (Å²) in [7, 11) is 0. The second kappa shape index (κ2) is 6.35. The molecule has 3 aromatic heterocycles. The van der Waals surface area contributed by atoms with Crippen molar-refractivity contribution in [1.29, 1.82) is 0 Å². The van der Waals surface area contributed by atoms with Crippen LogP contribution in [0.25, 0.3) is 5.82 Å². The molecule has 0 unspecified atom stereocenters. The van der Waals surface area contributed by atoms with E-state index in [-0.39, 0.29) is 5.91 Å². The van der Waals surface area contributed by atoms with Crippen LogP contribution >= 0.6 is 0 Å². The fourth-order valence-corrected chi connectivity index (χ4v) is 2.21. The van der Waals surface area contributed by atoms with E-state index in [9.17, 15) is 4.79 Å². The molecule has 0 aliphatic carbocycles. The summed E-state index contributed by atoms with van der Waals surface area (Å²) in [5.41, 5.74) is 3.31. The molecule has 7 heteroatoms. The molecule has 0 spiro atoms. The summed E-state index contributed by atoms with van der Waals surface area (Å²) < 4.78 is 1.75. The zero-order valence-electron chi connectivity index (χ0n) is 12.9. The molecule has 1 N–H and O–H groups in total. The summed E-state index contributed by atoms with van der Waals surface area (Å²) in [5.74, 6) is 0.500. The Labute approximate surface area is 133 Å². The number of nitrogens with zero attached hydrogens (tertiary/aromatic N) is 5. The van der Waals surface area contributed by atoms with Crippen LogP contribution < -0.4 is 5.32 Å². The van der Waals surface area contributed by atoms with Gasteiger partial charge in [-0.1, -0.05) is 0 Å². The van der Waals surface area contributed by atoms with E-state index in [1.54, 1.807) is 41.5 Å². The minimum atomic E-state index is -0.186. The zero-order valence-corrected chi connectivity index (χ0v) is 12.9. The summed E-state index contributed by atoms with van der Waals surface area (Å²) in [4.78, 5) is 16.4. The maximum absolute atomic E-state index is 12.1. The van der Waals surface area contributed by atoms with Crippen LogP contribution in [0.2, 0.25) is 0 Å². The van der Waals surface area contributed by atoms with Gasteiger partial charge in [0.1, 0.15) is 0 Å². The molecule has 0 saturated heterocycles. The molecule has 3 aromatic rings. The van der Waals surface area contributed by atoms with Gasteiger partial charge in [0.05, 0.1) is 17.5 Å². The first-order valence-corrected chi connectivity index (χ1v) is 7.17. The third kappa shape index (κ3) is 3.39. The molecule has 0 saturated carbocycles. The van der Waals surface area contributed by atoms with Gasteiger partial charge in [0, 0.05) is 24.6 Å². The number of carbonyl (C=O) groups is 1. The molecule has 23 heavy (non-hydrogen) atoms. The maximum Gasteiger partial charge on any atom is 0.253 e. The number of amides is 1. The van der Waals surface area contributed by atoms with Gasteiger partial charge in [-0.25, -0.2) is 9.67 Å². The molecular weight excluding hydrogens is 292 g/mol. The quantitative estimate of drug-likeness (QED) is 0.791. The molecule has 1 amide bonds. The molecule has 0 aromatic carbocycles. The van der Waals surface area contributed by atoms with Crippen molar-refractivity contribution in [3.8, 4) is 5.82 Å². The molecule has 3 heterocycles. The van der Waals surface area contributed by atoms with Crippen LogP contribution in [0.15, 0.2) is 42.9 Å². The number of aryl methyl sites for hydroxylation is 2. The molecule has 0 aliphatic heterocycles. The minimum Gasteiger partial charge on any atom is -0.348 e. The lowest BCUT2D eigenvalue weighted by atomic mass is 10.2. The molecule has 0 aliphatic rings. The molecule has 7 nitrogen and oxygen atoms in total. The van der Waals surface area contributed by atoms with Crippen LogP contribution in [0.4, 0.5) is 0 Å². The predicted octanol–water partition coefficient (Wildman–Crippen LogP) is 1.60. The van der Waals surface area contributed by atoms with E-state index in [2.05, 4.69) is 25.6 Å². The van der Waals surface area contributed by atoms with Crippen molar-refractivity contribution in [3.05, 3.63) is 65.4 Å². The minimum absolute atomic E-state index is 0.186. The smallest absolute Gasteiger partial charge is 0.253 e. The number of pyridine rings is 1. The van der Waals surface area contributed by atoms with Crippen molar-refractivity contribution in [2.75, 3.05) is 0 Å². The summed E-state index contributed by atoms with van der Waals surface area (Å²) in [6.07, 6.45) is 4.75. The summed E-state index contributed by atoms with van der Waals surface area (Å²) >= 11 is 0. The van der Waals surface area contributed by atoms with Crippen LogP contribution in [-0.2, 0) is 6.54 Å². The maximum atomic E-state index is 12.1. The molecule has 0 radical (unpaired) electrons. The number of nitrogens with one attached hydrogen (secondary N) is 1. The number of hydrogen-bond acceptors (Lipinski definition) is 5. The first-order chi connectivity index (χ1) is 11.1. The highest BCUT2D eigenvalue weighted by Gasteiger charge is 2.09. The van der Waals surface area contributed by atoms with Crippen molar-refractivity contribution >= 4 is 5.91 Å². The van der Waals surface area contributed by atoms with Gasteiger partial charge in [0.2, 0.25) is 0 Å². The van der Waals surface area contributed by atoms with Crippen LogP contribution in [0.1, 0.15) is 27.3 Å². The van der Waals surface area contributed by atoms with E-state index in [4.69, 9.17) is 0 Å². The van der Waals surface area contributed by atoms with Crippen molar-refractivity contribution in [2.24, 2.45) is 0 Å². The van der Waals surface area contributed by atoms with E-state index in [1.807, 2.05) is 19.9 Å². The Kier molecular flexibility index (Phi) is 4.09. The van der Waals surface area contributed by atoms with Gasteiger partial charge in [-0.15, -0.1) is 0 Å². The predicted molar refractivity (Wildman–Crippen MR) is 84.0 cm³/mol.